The summed E-state index contributed by atoms with van der Waals surface area (Å²) in [5, 5.41) is 0. The van der Waals surface area contributed by atoms with E-state index in [1.54, 1.807) is 48.5 Å². The van der Waals surface area contributed by atoms with Gasteiger partial charge in [-0.15, -0.1) is 6.58 Å². The molecule has 0 spiro atoms. The summed E-state index contributed by atoms with van der Waals surface area (Å²) in [5.74, 6) is -0.323. The van der Waals surface area contributed by atoms with Gasteiger partial charge in [-0.1, -0.05) is 18.2 Å². The zero-order chi connectivity index (χ0) is 24.3. The van der Waals surface area contributed by atoms with Gasteiger partial charge in [0, 0.05) is 17.5 Å². The van der Waals surface area contributed by atoms with Crippen LogP contribution in [0.5, 0.6) is 5.75 Å². The highest BCUT2D eigenvalue weighted by Crippen LogP contribution is 2.28. The van der Waals surface area contributed by atoms with E-state index in [0.29, 0.717) is 23.7 Å². The Labute approximate surface area is 200 Å². The fourth-order valence-electron chi connectivity index (χ4n) is 3.83. The summed E-state index contributed by atoms with van der Waals surface area (Å²) in [7, 11) is 0. The first-order valence-electron chi connectivity index (χ1n) is 11.5. The van der Waals surface area contributed by atoms with Gasteiger partial charge in [-0.25, -0.2) is 4.79 Å². The molecule has 0 saturated heterocycles. The van der Waals surface area contributed by atoms with Crippen LogP contribution in [0.25, 0.3) is 6.08 Å². The van der Waals surface area contributed by atoms with E-state index in [-0.39, 0.29) is 24.6 Å². The molecule has 0 bridgehead atoms. The lowest BCUT2D eigenvalue weighted by molar-refractivity contribution is -0.141. The highest BCUT2D eigenvalue weighted by molar-refractivity contribution is 5.87. The number of rotatable bonds is 10. The third-order valence-electron chi connectivity index (χ3n) is 5.61. The maximum absolute atomic E-state index is 12.5. The Balaban J connectivity index is 1.42. The molecule has 1 saturated carbocycles. The Hall–Kier alpha value is -3.58. The Morgan fingerprint density at radius 1 is 1.00 bits per heavy atom. The topological polar surface area (TPSA) is 114 Å². The number of nitrogen functional groups attached to an aromatic ring is 2. The predicted molar refractivity (Wildman–Crippen MR) is 133 cm³/mol. The highest BCUT2D eigenvalue weighted by atomic mass is 16.5. The third-order valence-corrected chi connectivity index (χ3v) is 5.61. The van der Waals surface area contributed by atoms with Crippen LogP contribution in [0.1, 0.15) is 43.2 Å². The van der Waals surface area contributed by atoms with E-state index in [4.69, 9.17) is 25.7 Å². The van der Waals surface area contributed by atoms with Gasteiger partial charge in [0.1, 0.15) is 12.4 Å². The van der Waals surface area contributed by atoms with Gasteiger partial charge in [-0.05, 0) is 79.6 Å². The number of esters is 2. The van der Waals surface area contributed by atoms with Crippen LogP contribution >= 0.6 is 0 Å². The lowest BCUT2D eigenvalue weighted by Crippen LogP contribution is -2.29. The van der Waals surface area contributed by atoms with Crippen molar-refractivity contribution in [3.63, 3.8) is 0 Å². The lowest BCUT2D eigenvalue weighted by Gasteiger charge is -2.27. The van der Waals surface area contributed by atoms with E-state index >= 15 is 0 Å². The fourth-order valence-corrected chi connectivity index (χ4v) is 3.83. The molecule has 0 radical (unpaired) electrons. The summed E-state index contributed by atoms with van der Waals surface area (Å²) in [6, 6.07) is 12.0. The van der Waals surface area contributed by atoms with Crippen molar-refractivity contribution in [3.8, 4) is 5.75 Å². The van der Waals surface area contributed by atoms with E-state index in [2.05, 4.69) is 6.58 Å². The van der Waals surface area contributed by atoms with Crippen molar-refractivity contribution in [3.05, 3.63) is 72.3 Å². The smallest absolute Gasteiger partial charge is 0.331 e. The molecule has 1 fully saturated rings. The number of ether oxygens (including phenoxy) is 3. The van der Waals surface area contributed by atoms with Gasteiger partial charge in [0.15, 0.2) is 0 Å². The first-order chi connectivity index (χ1) is 16.4. The molecular weight excluding hydrogens is 432 g/mol. The maximum Gasteiger partial charge on any atom is 0.331 e. The van der Waals surface area contributed by atoms with Gasteiger partial charge in [0.2, 0.25) is 0 Å². The Morgan fingerprint density at radius 3 is 2.32 bits per heavy atom. The molecule has 1 aliphatic carbocycles. The van der Waals surface area contributed by atoms with Crippen molar-refractivity contribution >= 4 is 29.4 Å². The van der Waals surface area contributed by atoms with Gasteiger partial charge in [-0.2, -0.15) is 0 Å². The summed E-state index contributed by atoms with van der Waals surface area (Å²) in [6.07, 6.45) is 9.13. The molecule has 180 valence electrons. The van der Waals surface area contributed by atoms with E-state index in [1.165, 1.54) is 6.08 Å². The molecule has 0 unspecified atom stereocenters. The summed E-state index contributed by atoms with van der Waals surface area (Å²) in [6.45, 7) is 4.45. The molecule has 1 aliphatic rings. The number of anilines is 2. The average Bonchev–Trinajstić information content (AvgIpc) is 2.82. The largest absolute Gasteiger partial charge is 0.458 e. The van der Waals surface area contributed by atoms with Crippen LogP contribution in [0.4, 0.5) is 11.4 Å². The molecule has 3 rings (SSSR count). The fraction of sp³-hybridized carbons (Fsp3) is 0.333. The van der Waals surface area contributed by atoms with Crippen molar-refractivity contribution in [1.29, 1.82) is 0 Å². The second-order valence-corrected chi connectivity index (χ2v) is 8.36. The first-order valence-corrected chi connectivity index (χ1v) is 11.5. The van der Waals surface area contributed by atoms with Crippen molar-refractivity contribution in [1.82, 2.24) is 0 Å². The van der Waals surface area contributed by atoms with E-state index in [1.807, 2.05) is 6.08 Å². The van der Waals surface area contributed by atoms with Crippen molar-refractivity contribution in [2.75, 3.05) is 18.1 Å². The molecule has 4 N–H and O–H groups in total. The van der Waals surface area contributed by atoms with Crippen LogP contribution in [-0.4, -0.2) is 24.6 Å². The van der Waals surface area contributed by atoms with E-state index in [9.17, 15) is 9.59 Å². The number of carbonyl (C=O) groups excluding carboxylic acids is 2. The summed E-state index contributed by atoms with van der Waals surface area (Å²) >= 11 is 0. The van der Waals surface area contributed by atoms with Crippen LogP contribution in [0.3, 0.4) is 0 Å². The van der Waals surface area contributed by atoms with Crippen LogP contribution in [0, 0.1) is 5.92 Å². The van der Waals surface area contributed by atoms with Gasteiger partial charge in [0.25, 0.3) is 0 Å². The lowest BCUT2D eigenvalue weighted by atomic mass is 9.87. The summed E-state index contributed by atoms with van der Waals surface area (Å²) < 4.78 is 16.6. The second kappa shape index (κ2) is 12.6. The molecule has 7 nitrogen and oxygen atoms in total. The molecule has 0 heterocycles. The molecule has 0 aromatic heterocycles. The van der Waals surface area contributed by atoms with E-state index < -0.39 is 5.97 Å². The average molecular weight is 465 g/mol. The SMILES string of the molecule is C=CCCOC1CCC(C(=O)Oc2ccc(/C=C/C(=O)OCc3cc(N)cc(N)c3)cc2)CC1. The monoisotopic (exact) mass is 464 g/mol. The summed E-state index contributed by atoms with van der Waals surface area (Å²) in [4.78, 5) is 24.5. The van der Waals surface area contributed by atoms with Gasteiger partial charge >= 0.3 is 11.9 Å². The zero-order valence-corrected chi connectivity index (χ0v) is 19.3. The van der Waals surface area contributed by atoms with Crippen molar-refractivity contribution < 1.29 is 23.8 Å². The van der Waals surface area contributed by atoms with Crippen LogP contribution in [-0.2, 0) is 25.7 Å². The van der Waals surface area contributed by atoms with Gasteiger partial charge in [-0.3, -0.25) is 4.79 Å². The van der Waals surface area contributed by atoms with Crippen molar-refractivity contribution in [2.45, 2.75) is 44.8 Å². The number of hydrogen-bond donors (Lipinski definition) is 2. The minimum absolute atomic E-state index is 0.0795. The molecule has 0 amide bonds. The first kappa shape index (κ1) is 25.1. The Kier molecular flexibility index (Phi) is 9.29. The number of nitrogens with two attached hydrogens (primary N) is 2. The Morgan fingerprint density at radius 2 is 1.68 bits per heavy atom. The standard InChI is InChI=1S/C27H32N2O5/c1-2-3-14-32-24-11-7-21(8-12-24)27(31)34-25-9-4-19(5-10-25)6-13-26(30)33-18-20-15-22(28)17-23(29)16-20/h2,4-6,9-10,13,15-17,21,24H,1,3,7-8,11-12,14,18,28-29H2/b13-6+. The number of hydrogen-bond acceptors (Lipinski definition) is 7. The van der Waals surface area contributed by atoms with Crippen molar-refractivity contribution in [2.24, 2.45) is 5.92 Å². The Bertz CT molecular complexity index is 988. The van der Waals surface area contributed by atoms with Gasteiger partial charge < -0.3 is 25.7 Å². The third kappa shape index (κ3) is 8.08. The van der Waals surface area contributed by atoms with Crippen LogP contribution < -0.4 is 16.2 Å². The molecular formula is C27H32N2O5. The molecule has 0 atom stereocenters. The normalized spacial score (nSPS) is 17.9. The second-order valence-electron chi connectivity index (χ2n) is 8.36. The molecule has 0 aliphatic heterocycles. The zero-order valence-electron chi connectivity index (χ0n) is 19.3. The number of carbonyl (C=O) groups is 2. The van der Waals surface area contributed by atoms with Gasteiger partial charge in [0.05, 0.1) is 18.6 Å². The number of benzene rings is 2. The van der Waals surface area contributed by atoms with Crippen LogP contribution in [0.2, 0.25) is 0 Å². The summed E-state index contributed by atoms with van der Waals surface area (Å²) in [5.41, 5.74) is 14.0. The molecule has 2 aromatic rings. The quantitative estimate of drug-likeness (QED) is 0.131. The minimum Gasteiger partial charge on any atom is -0.458 e. The highest BCUT2D eigenvalue weighted by Gasteiger charge is 2.28. The van der Waals surface area contributed by atoms with Crippen LogP contribution in [0.15, 0.2) is 61.2 Å². The molecule has 7 heteroatoms. The predicted octanol–water partition coefficient (Wildman–Crippen LogP) is 4.66. The molecule has 34 heavy (non-hydrogen) atoms. The van der Waals surface area contributed by atoms with E-state index in [0.717, 1.165) is 43.2 Å². The maximum atomic E-state index is 12.5. The minimum atomic E-state index is -0.486. The molecule has 2 aromatic carbocycles.